The molecule has 1 atom stereocenters. The fourth-order valence-electron chi connectivity index (χ4n) is 2.33. The molecule has 1 rings (SSSR count). The molecule has 0 spiro atoms. The molecule has 7 nitrogen and oxygen atoms in total. The summed E-state index contributed by atoms with van der Waals surface area (Å²) in [6.45, 7) is 0.602. The van der Waals surface area contributed by atoms with Gasteiger partial charge in [-0.1, -0.05) is 38.5 Å². The highest BCUT2D eigenvalue weighted by Crippen LogP contribution is 2.17. The Kier molecular flexibility index (Phi) is 9.45. The van der Waals surface area contributed by atoms with E-state index in [0.29, 0.717) is 18.8 Å². The normalized spacial score (nSPS) is 11.9. The summed E-state index contributed by atoms with van der Waals surface area (Å²) >= 11 is 0. The second-order valence-electron chi connectivity index (χ2n) is 5.81. The number of benzene rings is 1. The minimum atomic E-state index is -0.928. The van der Waals surface area contributed by atoms with Crippen LogP contribution in [0, 0.1) is 10.1 Å². The maximum atomic E-state index is 10.5. The van der Waals surface area contributed by atoms with Crippen molar-refractivity contribution in [2.24, 2.45) is 5.73 Å². The van der Waals surface area contributed by atoms with Gasteiger partial charge in [0.05, 0.1) is 11.5 Å². The first kappa shape index (κ1) is 19.9. The second kappa shape index (κ2) is 11.4. The molecule has 24 heavy (non-hydrogen) atoms. The number of hydrogen-bond acceptors (Lipinski definition) is 5. The van der Waals surface area contributed by atoms with Crippen LogP contribution in [0.4, 0.5) is 5.69 Å². The summed E-state index contributed by atoms with van der Waals surface area (Å²) in [7, 11) is 0. The Morgan fingerprint density at radius 2 is 1.62 bits per heavy atom. The number of nitrogens with zero attached hydrogens (tertiary/aromatic N) is 1. The van der Waals surface area contributed by atoms with Crippen LogP contribution in [0.15, 0.2) is 24.3 Å². The van der Waals surface area contributed by atoms with Crippen LogP contribution in [-0.4, -0.2) is 28.6 Å². The van der Waals surface area contributed by atoms with Crippen molar-refractivity contribution in [3.05, 3.63) is 34.4 Å². The van der Waals surface area contributed by atoms with E-state index in [0.717, 1.165) is 44.9 Å². The Morgan fingerprint density at radius 3 is 2.17 bits per heavy atom. The van der Waals surface area contributed by atoms with Crippen molar-refractivity contribution in [1.82, 2.24) is 0 Å². The van der Waals surface area contributed by atoms with Crippen molar-refractivity contribution >= 4 is 11.7 Å². The standard InChI is InChI=1S/C17H26N2O5/c18-16(17(20)21)8-6-4-2-1-3-5-7-13-24-15-11-9-14(10-12-15)19(22)23/h9-12,16H,1-8,13,18H2,(H,20,21). The molecule has 0 aromatic heterocycles. The van der Waals surface area contributed by atoms with Crippen LogP contribution in [0.1, 0.15) is 51.4 Å². The summed E-state index contributed by atoms with van der Waals surface area (Å²) in [5.41, 5.74) is 5.50. The van der Waals surface area contributed by atoms with Gasteiger partial charge in [-0.05, 0) is 25.0 Å². The zero-order valence-corrected chi connectivity index (χ0v) is 13.9. The minimum Gasteiger partial charge on any atom is -0.494 e. The molecule has 0 aliphatic heterocycles. The molecule has 0 aliphatic carbocycles. The molecule has 7 heteroatoms. The van der Waals surface area contributed by atoms with Gasteiger partial charge in [0.25, 0.3) is 5.69 Å². The first-order valence-electron chi connectivity index (χ1n) is 8.36. The molecule has 1 aromatic rings. The molecule has 0 amide bonds. The van der Waals surface area contributed by atoms with Crippen molar-refractivity contribution in [1.29, 1.82) is 0 Å². The van der Waals surface area contributed by atoms with E-state index in [-0.39, 0.29) is 5.69 Å². The molecule has 1 unspecified atom stereocenters. The van der Waals surface area contributed by atoms with Gasteiger partial charge in [-0.25, -0.2) is 0 Å². The van der Waals surface area contributed by atoms with Crippen LogP contribution in [0.3, 0.4) is 0 Å². The monoisotopic (exact) mass is 338 g/mol. The summed E-state index contributed by atoms with van der Waals surface area (Å²) in [4.78, 5) is 20.7. The number of carboxylic acids is 1. The minimum absolute atomic E-state index is 0.0617. The van der Waals surface area contributed by atoms with Gasteiger partial charge in [-0.3, -0.25) is 14.9 Å². The predicted octanol–water partition coefficient (Wildman–Crippen LogP) is 3.51. The van der Waals surface area contributed by atoms with Crippen molar-refractivity contribution in [2.75, 3.05) is 6.61 Å². The Bertz CT molecular complexity index is 504. The van der Waals surface area contributed by atoms with Crippen LogP contribution in [-0.2, 0) is 4.79 Å². The van der Waals surface area contributed by atoms with Gasteiger partial charge in [0.2, 0.25) is 0 Å². The summed E-state index contributed by atoms with van der Waals surface area (Å²) < 4.78 is 5.54. The molecule has 134 valence electrons. The highest BCUT2D eigenvalue weighted by molar-refractivity contribution is 5.72. The third-order valence-electron chi connectivity index (χ3n) is 3.79. The molecule has 0 aliphatic rings. The van der Waals surface area contributed by atoms with Crippen molar-refractivity contribution < 1.29 is 19.6 Å². The Balaban J connectivity index is 1.95. The first-order chi connectivity index (χ1) is 11.5. The Labute approximate surface area is 142 Å². The van der Waals surface area contributed by atoms with E-state index < -0.39 is 16.9 Å². The molecular formula is C17H26N2O5. The maximum absolute atomic E-state index is 10.5. The summed E-state index contributed by atoms with van der Waals surface area (Å²) in [5.74, 6) is -0.279. The predicted molar refractivity (Wildman–Crippen MR) is 91.1 cm³/mol. The van der Waals surface area contributed by atoms with Gasteiger partial charge in [0.1, 0.15) is 11.8 Å². The third kappa shape index (κ3) is 8.47. The van der Waals surface area contributed by atoms with E-state index in [4.69, 9.17) is 15.6 Å². The van der Waals surface area contributed by atoms with Gasteiger partial charge < -0.3 is 15.6 Å². The second-order valence-corrected chi connectivity index (χ2v) is 5.81. The van der Waals surface area contributed by atoms with E-state index in [1.807, 2.05) is 0 Å². The lowest BCUT2D eigenvalue weighted by Gasteiger charge is -2.07. The topological polar surface area (TPSA) is 116 Å². The van der Waals surface area contributed by atoms with Gasteiger partial charge >= 0.3 is 5.97 Å². The number of unbranched alkanes of at least 4 members (excludes halogenated alkanes) is 6. The van der Waals surface area contributed by atoms with E-state index in [1.54, 1.807) is 12.1 Å². The van der Waals surface area contributed by atoms with Crippen LogP contribution in [0.25, 0.3) is 0 Å². The number of ether oxygens (including phenoxy) is 1. The van der Waals surface area contributed by atoms with Crippen LogP contribution >= 0.6 is 0 Å². The maximum Gasteiger partial charge on any atom is 0.320 e. The molecular weight excluding hydrogens is 312 g/mol. The van der Waals surface area contributed by atoms with Crippen molar-refractivity contribution in [3.8, 4) is 5.75 Å². The van der Waals surface area contributed by atoms with Crippen LogP contribution < -0.4 is 10.5 Å². The van der Waals surface area contributed by atoms with Crippen molar-refractivity contribution in [3.63, 3.8) is 0 Å². The molecule has 0 bridgehead atoms. The Morgan fingerprint density at radius 1 is 1.08 bits per heavy atom. The highest BCUT2D eigenvalue weighted by atomic mass is 16.6. The number of nitro groups is 1. The van der Waals surface area contributed by atoms with Gasteiger partial charge in [0.15, 0.2) is 0 Å². The molecule has 0 radical (unpaired) electrons. The molecule has 0 saturated carbocycles. The molecule has 3 N–H and O–H groups in total. The van der Waals surface area contributed by atoms with Gasteiger partial charge in [0, 0.05) is 12.1 Å². The van der Waals surface area contributed by atoms with Gasteiger partial charge in [-0.15, -0.1) is 0 Å². The van der Waals surface area contributed by atoms with Gasteiger partial charge in [-0.2, -0.15) is 0 Å². The fourth-order valence-corrected chi connectivity index (χ4v) is 2.33. The zero-order valence-electron chi connectivity index (χ0n) is 13.9. The van der Waals surface area contributed by atoms with E-state index in [9.17, 15) is 14.9 Å². The average molecular weight is 338 g/mol. The van der Waals surface area contributed by atoms with E-state index >= 15 is 0 Å². The van der Waals surface area contributed by atoms with Crippen molar-refractivity contribution in [2.45, 2.75) is 57.4 Å². The summed E-state index contributed by atoms with van der Waals surface area (Å²) in [5, 5.41) is 19.2. The number of rotatable bonds is 13. The number of non-ortho nitro benzene ring substituents is 1. The quantitative estimate of drug-likeness (QED) is 0.323. The number of carbonyl (C=O) groups is 1. The number of carboxylic acid groups (broad SMARTS) is 1. The van der Waals surface area contributed by atoms with Crippen LogP contribution in [0.5, 0.6) is 5.75 Å². The molecule has 0 heterocycles. The van der Waals surface area contributed by atoms with E-state index in [2.05, 4.69) is 0 Å². The lowest BCUT2D eigenvalue weighted by molar-refractivity contribution is -0.384. The zero-order chi connectivity index (χ0) is 17.8. The summed E-state index contributed by atoms with van der Waals surface area (Å²) in [6.07, 6.45) is 7.77. The average Bonchev–Trinajstić information content (AvgIpc) is 2.56. The number of nitro benzene ring substituents is 1. The van der Waals surface area contributed by atoms with E-state index in [1.165, 1.54) is 12.1 Å². The SMILES string of the molecule is NC(CCCCCCCCCOc1ccc([N+](=O)[O-])cc1)C(=O)O. The Hall–Kier alpha value is -2.15. The lowest BCUT2D eigenvalue weighted by Crippen LogP contribution is -2.29. The molecule has 1 aromatic carbocycles. The number of aliphatic carboxylic acids is 1. The smallest absolute Gasteiger partial charge is 0.320 e. The fraction of sp³-hybridized carbons (Fsp3) is 0.588. The molecule has 0 fully saturated rings. The largest absolute Gasteiger partial charge is 0.494 e. The lowest BCUT2D eigenvalue weighted by atomic mass is 10.1. The number of hydrogen-bond donors (Lipinski definition) is 2. The summed E-state index contributed by atoms with van der Waals surface area (Å²) in [6, 6.07) is 5.36. The third-order valence-corrected chi connectivity index (χ3v) is 3.79. The first-order valence-corrected chi connectivity index (χ1v) is 8.36. The van der Waals surface area contributed by atoms with Crippen LogP contribution in [0.2, 0.25) is 0 Å². The highest BCUT2D eigenvalue weighted by Gasteiger charge is 2.09. The molecule has 0 saturated heterocycles. The number of nitrogens with two attached hydrogens (primary N) is 1.